The maximum atomic E-state index is 12.0. The second kappa shape index (κ2) is 10.8. The predicted octanol–water partition coefficient (Wildman–Crippen LogP) is 4.85. The zero-order chi connectivity index (χ0) is 22.4. The largest absolute Gasteiger partial charge is 0.487 e. The van der Waals surface area contributed by atoms with E-state index in [0.29, 0.717) is 25.4 Å². The summed E-state index contributed by atoms with van der Waals surface area (Å²) in [6, 6.07) is 8.21. The zero-order valence-corrected chi connectivity index (χ0v) is 20.0. The Balaban J connectivity index is 2.14. The topological polar surface area (TPSA) is 105 Å². The molecule has 0 radical (unpaired) electrons. The van der Waals surface area contributed by atoms with E-state index in [0.717, 1.165) is 5.56 Å². The molecule has 0 heterocycles. The highest BCUT2D eigenvalue weighted by molar-refractivity contribution is 9.11. The fraction of sp³-hybridized carbons (Fsp3) is 0.250. The Morgan fingerprint density at radius 3 is 2.30 bits per heavy atom. The minimum atomic E-state index is -1.13. The molecule has 7 nitrogen and oxygen atoms in total. The van der Waals surface area contributed by atoms with Crippen molar-refractivity contribution in [3.05, 3.63) is 55.4 Å². The van der Waals surface area contributed by atoms with Gasteiger partial charge in [0.2, 0.25) is 5.91 Å². The van der Waals surface area contributed by atoms with Crippen LogP contribution in [0.25, 0.3) is 0 Å². The molecule has 160 valence electrons. The Bertz CT molecular complexity index is 959. The van der Waals surface area contributed by atoms with Gasteiger partial charge >= 0.3 is 5.97 Å². The van der Waals surface area contributed by atoms with E-state index < -0.39 is 18.4 Å². The fourth-order valence-electron chi connectivity index (χ4n) is 2.33. The molecule has 2 aromatic rings. The molecular formula is C20H19Br2ClN2O5. The molecule has 0 fully saturated rings. The molecule has 0 bridgehead atoms. The monoisotopic (exact) mass is 560 g/mol. The maximum Gasteiger partial charge on any atom is 0.322 e. The first kappa shape index (κ1) is 24.2. The number of halogens is 3. The molecule has 0 spiro atoms. The van der Waals surface area contributed by atoms with E-state index in [1.165, 1.54) is 12.1 Å². The summed E-state index contributed by atoms with van der Waals surface area (Å²) in [5, 5.41) is 14.2. The van der Waals surface area contributed by atoms with Crippen LogP contribution in [0.2, 0.25) is 5.02 Å². The van der Waals surface area contributed by atoms with Gasteiger partial charge in [0.15, 0.2) is 0 Å². The SMILES string of the molecule is CC(C)C(=O)Nc1cc(Cl)cc(COc2c(Br)cc(C(=O)NCC(=O)O)cc2Br)c1. The van der Waals surface area contributed by atoms with Crippen LogP contribution >= 0.6 is 43.5 Å². The minimum Gasteiger partial charge on any atom is -0.487 e. The molecule has 10 heteroatoms. The highest BCUT2D eigenvalue weighted by Gasteiger charge is 2.15. The molecule has 3 N–H and O–H groups in total. The number of nitrogens with one attached hydrogen (secondary N) is 2. The first-order valence-corrected chi connectivity index (χ1v) is 10.8. The van der Waals surface area contributed by atoms with Crippen molar-refractivity contribution in [1.82, 2.24) is 5.32 Å². The molecule has 0 aromatic heterocycles. The number of aliphatic carboxylic acids is 1. The lowest BCUT2D eigenvalue weighted by molar-refractivity contribution is -0.135. The van der Waals surface area contributed by atoms with Crippen LogP contribution < -0.4 is 15.4 Å². The van der Waals surface area contributed by atoms with Gasteiger partial charge in [0, 0.05) is 22.2 Å². The van der Waals surface area contributed by atoms with Gasteiger partial charge in [0.05, 0.1) is 8.95 Å². The van der Waals surface area contributed by atoms with E-state index in [1.54, 1.807) is 32.0 Å². The Kier molecular flexibility index (Phi) is 8.69. The van der Waals surface area contributed by atoms with Crippen molar-refractivity contribution in [2.24, 2.45) is 5.92 Å². The summed E-state index contributed by atoms with van der Waals surface area (Å²) < 4.78 is 6.87. The van der Waals surface area contributed by atoms with E-state index in [-0.39, 0.29) is 24.0 Å². The summed E-state index contributed by atoms with van der Waals surface area (Å²) in [6.45, 7) is 3.28. The van der Waals surface area contributed by atoms with Crippen LogP contribution in [0.15, 0.2) is 39.3 Å². The van der Waals surface area contributed by atoms with Crippen LogP contribution in [0.4, 0.5) is 5.69 Å². The lowest BCUT2D eigenvalue weighted by Crippen LogP contribution is -2.29. The van der Waals surface area contributed by atoms with E-state index in [2.05, 4.69) is 42.5 Å². The van der Waals surface area contributed by atoms with Crippen molar-refractivity contribution in [3.8, 4) is 5.75 Å². The van der Waals surface area contributed by atoms with Crippen LogP contribution in [0.3, 0.4) is 0 Å². The highest BCUT2D eigenvalue weighted by Crippen LogP contribution is 2.35. The van der Waals surface area contributed by atoms with Gasteiger partial charge in [-0.05, 0) is 67.8 Å². The normalized spacial score (nSPS) is 10.6. The number of hydrogen-bond acceptors (Lipinski definition) is 4. The van der Waals surface area contributed by atoms with Gasteiger partial charge in [0.25, 0.3) is 5.91 Å². The third-order valence-electron chi connectivity index (χ3n) is 3.79. The van der Waals surface area contributed by atoms with Crippen LogP contribution in [0.1, 0.15) is 29.8 Å². The van der Waals surface area contributed by atoms with Gasteiger partial charge in [-0.1, -0.05) is 25.4 Å². The Hall–Kier alpha value is -2.10. The van der Waals surface area contributed by atoms with Crippen LogP contribution in [-0.2, 0) is 16.2 Å². The molecule has 0 aliphatic rings. The predicted molar refractivity (Wildman–Crippen MR) is 121 cm³/mol. The van der Waals surface area contributed by atoms with Crippen molar-refractivity contribution >= 4 is 66.9 Å². The standard InChI is InChI=1S/C20H19Br2ClN2O5/c1-10(2)19(28)25-14-4-11(3-13(23)7-14)9-30-18-15(21)5-12(6-16(18)22)20(29)24-8-17(26)27/h3-7,10H,8-9H2,1-2H3,(H,24,29)(H,25,28)(H,26,27). The van der Waals surface area contributed by atoms with Crippen molar-refractivity contribution in [1.29, 1.82) is 0 Å². The first-order valence-electron chi connectivity index (χ1n) is 8.79. The molecule has 2 amide bonds. The molecule has 0 unspecified atom stereocenters. The molecule has 30 heavy (non-hydrogen) atoms. The zero-order valence-electron chi connectivity index (χ0n) is 16.1. The van der Waals surface area contributed by atoms with Gasteiger partial charge in [-0.3, -0.25) is 14.4 Å². The molecule has 0 atom stereocenters. The van der Waals surface area contributed by atoms with Crippen LogP contribution in [0, 0.1) is 5.92 Å². The summed E-state index contributed by atoms with van der Waals surface area (Å²) in [5.41, 5.74) is 1.58. The molecule has 2 aromatic carbocycles. The van der Waals surface area contributed by atoms with E-state index in [1.807, 2.05) is 0 Å². The number of amides is 2. The molecule has 2 rings (SSSR count). The van der Waals surface area contributed by atoms with Crippen LogP contribution in [-0.4, -0.2) is 29.4 Å². The molecule has 0 aliphatic heterocycles. The number of carboxylic acids is 1. The van der Waals surface area contributed by atoms with E-state index in [9.17, 15) is 14.4 Å². The number of anilines is 1. The van der Waals surface area contributed by atoms with Gasteiger partial charge in [-0.15, -0.1) is 0 Å². The van der Waals surface area contributed by atoms with Crippen molar-refractivity contribution < 1.29 is 24.2 Å². The molecular weight excluding hydrogens is 543 g/mol. The minimum absolute atomic E-state index is 0.119. The Morgan fingerprint density at radius 1 is 1.10 bits per heavy atom. The van der Waals surface area contributed by atoms with Crippen molar-refractivity contribution in [2.75, 3.05) is 11.9 Å². The van der Waals surface area contributed by atoms with Crippen molar-refractivity contribution in [2.45, 2.75) is 20.5 Å². The third kappa shape index (κ3) is 7.00. The molecule has 0 aliphatic carbocycles. The fourth-order valence-corrected chi connectivity index (χ4v) is 4.01. The van der Waals surface area contributed by atoms with Gasteiger partial charge < -0.3 is 20.5 Å². The summed E-state index contributed by atoms with van der Waals surface area (Å²) in [4.78, 5) is 34.6. The van der Waals surface area contributed by atoms with Crippen LogP contribution in [0.5, 0.6) is 5.75 Å². The number of ether oxygens (including phenoxy) is 1. The number of benzene rings is 2. The molecule has 0 saturated carbocycles. The second-order valence-electron chi connectivity index (χ2n) is 6.63. The second-order valence-corrected chi connectivity index (χ2v) is 8.77. The van der Waals surface area contributed by atoms with Gasteiger partial charge in [0.1, 0.15) is 18.9 Å². The van der Waals surface area contributed by atoms with E-state index in [4.69, 9.17) is 21.4 Å². The number of carbonyl (C=O) groups excluding carboxylic acids is 2. The Labute approximate surface area is 195 Å². The quantitative estimate of drug-likeness (QED) is 0.427. The number of rotatable bonds is 8. The average molecular weight is 563 g/mol. The maximum absolute atomic E-state index is 12.0. The smallest absolute Gasteiger partial charge is 0.322 e. The number of carboxylic acid groups (broad SMARTS) is 1. The summed E-state index contributed by atoms with van der Waals surface area (Å²) >= 11 is 12.9. The third-order valence-corrected chi connectivity index (χ3v) is 5.19. The highest BCUT2D eigenvalue weighted by atomic mass is 79.9. The summed E-state index contributed by atoms with van der Waals surface area (Å²) in [7, 11) is 0. The number of hydrogen-bond donors (Lipinski definition) is 3. The van der Waals surface area contributed by atoms with E-state index >= 15 is 0 Å². The lowest BCUT2D eigenvalue weighted by Gasteiger charge is -2.14. The summed E-state index contributed by atoms with van der Waals surface area (Å²) in [6.07, 6.45) is 0. The summed E-state index contributed by atoms with van der Waals surface area (Å²) in [5.74, 6) is -1.48. The molecule has 0 saturated heterocycles. The van der Waals surface area contributed by atoms with Crippen molar-refractivity contribution in [3.63, 3.8) is 0 Å². The number of carbonyl (C=O) groups is 3. The Morgan fingerprint density at radius 2 is 1.73 bits per heavy atom. The van der Waals surface area contributed by atoms with Gasteiger partial charge in [-0.25, -0.2) is 0 Å². The van der Waals surface area contributed by atoms with Gasteiger partial charge in [-0.2, -0.15) is 0 Å². The lowest BCUT2D eigenvalue weighted by atomic mass is 10.1. The average Bonchev–Trinajstić information content (AvgIpc) is 2.64. The first-order chi connectivity index (χ1) is 14.1.